The summed E-state index contributed by atoms with van der Waals surface area (Å²) >= 11 is 0. The van der Waals surface area contributed by atoms with Gasteiger partial charge in [-0.2, -0.15) is 0 Å². The van der Waals surface area contributed by atoms with Crippen LogP contribution in [0.3, 0.4) is 0 Å². The summed E-state index contributed by atoms with van der Waals surface area (Å²) in [7, 11) is 0. The Hall–Kier alpha value is -0.690. The molecule has 0 aromatic carbocycles. The number of rotatable bonds is 6. The molecule has 0 aromatic rings. The van der Waals surface area contributed by atoms with E-state index in [0.29, 0.717) is 6.42 Å². The number of hydrogen-bond donors (Lipinski definition) is 5. The van der Waals surface area contributed by atoms with Crippen molar-refractivity contribution in [1.29, 1.82) is 0 Å². The molecule has 1 aliphatic rings. The molecule has 0 bridgehead atoms. The maximum absolute atomic E-state index is 10.5. The summed E-state index contributed by atoms with van der Waals surface area (Å²) in [5.41, 5.74) is 15.9. The maximum atomic E-state index is 10.5. The highest BCUT2D eigenvalue weighted by molar-refractivity contribution is 5.79. The fourth-order valence-electron chi connectivity index (χ4n) is 1.06. The van der Waals surface area contributed by atoms with Gasteiger partial charge in [0, 0.05) is 0 Å². The fourth-order valence-corrected chi connectivity index (χ4v) is 1.06. The first-order valence-corrected chi connectivity index (χ1v) is 4.41. The Bertz CT molecular complexity index is 186. The summed E-state index contributed by atoms with van der Waals surface area (Å²) in [6.45, 7) is 0.798. The molecule has 8 N–H and O–H groups in total. The topological polar surface area (TPSA) is 129 Å². The average molecular weight is 187 g/mol. The van der Waals surface area contributed by atoms with E-state index in [1.54, 1.807) is 0 Å². The van der Waals surface area contributed by atoms with Gasteiger partial charge in [0.1, 0.15) is 0 Å². The van der Waals surface area contributed by atoms with Crippen molar-refractivity contribution in [2.75, 3.05) is 6.54 Å². The molecule has 6 nitrogen and oxygen atoms in total. The molecule has 1 aliphatic heterocycles. The Morgan fingerprint density at radius 1 is 1.62 bits per heavy atom. The first-order valence-electron chi connectivity index (χ1n) is 4.41. The molecule has 6 heteroatoms. The highest BCUT2D eigenvalue weighted by Crippen LogP contribution is 2.00. The third kappa shape index (κ3) is 3.69. The van der Waals surface area contributed by atoms with Crippen LogP contribution in [0.5, 0.6) is 0 Å². The molecule has 0 spiro atoms. The molecule has 0 saturated carbocycles. The van der Waals surface area contributed by atoms with Crippen LogP contribution in [0, 0.1) is 0 Å². The molecule has 1 fully saturated rings. The molecule has 1 rings (SSSR count). The zero-order valence-corrected chi connectivity index (χ0v) is 7.49. The summed E-state index contributed by atoms with van der Waals surface area (Å²) in [6.07, 6.45) is 1.74. The lowest BCUT2D eigenvalue weighted by molar-refractivity contribution is -0.119. The highest BCUT2D eigenvalue weighted by atomic mass is 16.1. The van der Waals surface area contributed by atoms with Crippen molar-refractivity contribution in [3.05, 3.63) is 0 Å². The lowest BCUT2D eigenvalue weighted by Crippen LogP contribution is -2.37. The summed E-state index contributed by atoms with van der Waals surface area (Å²) in [5.74, 6) is -0.443. The van der Waals surface area contributed by atoms with Crippen LogP contribution in [0.15, 0.2) is 0 Å². The van der Waals surface area contributed by atoms with E-state index in [0.717, 1.165) is 13.0 Å². The zero-order chi connectivity index (χ0) is 9.84. The highest BCUT2D eigenvalue weighted by Gasteiger charge is 2.30. The van der Waals surface area contributed by atoms with Crippen LogP contribution in [0.1, 0.15) is 12.8 Å². The van der Waals surface area contributed by atoms with E-state index < -0.39 is 11.9 Å². The van der Waals surface area contributed by atoms with Gasteiger partial charge in [0.05, 0.1) is 18.4 Å². The second-order valence-corrected chi connectivity index (χ2v) is 3.28. The first-order chi connectivity index (χ1) is 6.11. The summed E-state index contributed by atoms with van der Waals surface area (Å²) in [4.78, 5) is 10.5. The normalized spacial score (nSPS) is 28.5. The molecule has 1 heterocycles. The third-order valence-corrected chi connectivity index (χ3v) is 2.04. The molecule has 0 aromatic heterocycles. The van der Waals surface area contributed by atoms with Crippen LogP contribution >= 0.6 is 0 Å². The first kappa shape index (κ1) is 10.4. The van der Waals surface area contributed by atoms with Gasteiger partial charge >= 0.3 is 0 Å². The van der Waals surface area contributed by atoms with E-state index in [2.05, 4.69) is 10.6 Å². The molecule has 3 atom stereocenters. The van der Waals surface area contributed by atoms with Crippen molar-refractivity contribution in [2.24, 2.45) is 17.2 Å². The van der Waals surface area contributed by atoms with Crippen molar-refractivity contribution in [1.82, 2.24) is 10.6 Å². The number of hydrogen-bond acceptors (Lipinski definition) is 5. The molecular weight excluding hydrogens is 170 g/mol. The molecule has 0 aliphatic carbocycles. The summed E-state index contributed by atoms with van der Waals surface area (Å²) in [5, 5.41) is 6.14. The second-order valence-electron chi connectivity index (χ2n) is 3.28. The minimum absolute atomic E-state index is 0.0739. The van der Waals surface area contributed by atoms with Gasteiger partial charge in [-0.3, -0.25) is 15.4 Å². The van der Waals surface area contributed by atoms with Crippen LogP contribution in [-0.4, -0.2) is 30.8 Å². The van der Waals surface area contributed by atoms with E-state index in [9.17, 15) is 4.79 Å². The molecule has 13 heavy (non-hydrogen) atoms. The Morgan fingerprint density at radius 3 is 2.69 bits per heavy atom. The summed E-state index contributed by atoms with van der Waals surface area (Å²) in [6, 6.07) is -0.525. The van der Waals surface area contributed by atoms with Gasteiger partial charge < -0.3 is 17.2 Å². The van der Waals surface area contributed by atoms with Crippen molar-refractivity contribution >= 4 is 5.91 Å². The Morgan fingerprint density at radius 2 is 2.23 bits per heavy atom. The van der Waals surface area contributed by atoms with E-state index in [4.69, 9.17) is 17.2 Å². The third-order valence-electron chi connectivity index (χ3n) is 2.04. The lowest BCUT2D eigenvalue weighted by atomic mass is 10.1. The maximum Gasteiger partial charge on any atom is 0.234 e. The number of carbonyl (C=O) groups is 1. The van der Waals surface area contributed by atoms with Crippen LogP contribution in [0.2, 0.25) is 0 Å². The standard InChI is InChI=1S/C7H17N5O/c8-4(6(10)13)2-1-3-11-7-5(9)12-7/h4-5,7,11-12H,1-3,8-9H2,(H2,10,13). The lowest BCUT2D eigenvalue weighted by Gasteiger charge is -2.06. The van der Waals surface area contributed by atoms with E-state index in [1.807, 2.05) is 0 Å². The van der Waals surface area contributed by atoms with Crippen molar-refractivity contribution in [3.8, 4) is 0 Å². The number of primary amides is 1. The number of carbonyl (C=O) groups excluding carboxylic acids is 1. The van der Waals surface area contributed by atoms with Crippen LogP contribution in [0.4, 0.5) is 0 Å². The number of nitrogens with one attached hydrogen (secondary N) is 2. The number of amides is 1. The van der Waals surface area contributed by atoms with E-state index in [1.165, 1.54) is 0 Å². The monoisotopic (exact) mass is 187 g/mol. The second kappa shape index (κ2) is 4.52. The minimum Gasteiger partial charge on any atom is -0.368 e. The van der Waals surface area contributed by atoms with Crippen molar-refractivity contribution in [2.45, 2.75) is 31.2 Å². The molecule has 76 valence electrons. The molecule has 1 amide bonds. The van der Waals surface area contributed by atoms with Gasteiger partial charge in [0.25, 0.3) is 0 Å². The van der Waals surface area contributed by atoms with Crippen LogP contribution in [0.25, 0.3) is 0 Å². The quantitative estimate of drug-likeness (QED) is 0.230. The Kier molecular flexibility index (Phi) is 3.61. The zero-order valence-electron chi connectivity index (χ0n) is 7.49. The van der Waals surface area contributed by atoms with Gasteiger partial charge in [0.15, 0.2) is 0 Å². The fraction of sp³-hybridized carbons (Fsp3) is 0.857. The van der Waals surface area contributed by atoms with Gasteiger partial charge in [0.2, 0.25) is 5.91 Å². The molecule has 3 unspecified atom stereocenters. The van der Waals surface area contributed by atoms with Crippen LogP contribution < -0.4 is 27.8 Å². The minimum atomic E-state index is -0.525. The predicted octanol–water partition coefficient (Wildman–Crippen LogP) is -2.62. The van der Waals surface area contributed by atoms with Gasteiger partial charge in [-0.15, -0.1) is 0 Å². The summed E-state index contributed by atoms with van der Waals surface area (Å²) < 4.78 is 0. The SMILES string of the molecule is NC(=O)C(N)CCCNC1NC1N. The smallest absolute Gasteiger partial charge is 0.234 e. The molecule has 0 radical (unpaired) electrons. The predicted molar refractivity (Wildman–Crippen MR) is 49.3 cm³/mol. The van der Waals surface area contributed by atoms with Crippen molar-refractivity contribution < 1.29 is 4.79 Å². The Labute approximate surface area is 77.2 Å². The van der Waals surface area contributed by atoms with Crippen molar-refractivity contribution in [3.63, 3.8) is 0 Å². The van der Waals surface area contributed by atoms with E-state index in [-0.39, 0.29) is 12.3 Å². The average Bonchev–Trinajstić information content (AvgIpc) is 2.75. The molecular formula is C7H17N5O. The van der Waals surface area contributed by atoms with Gasteiger partial charge in [-0.05, 0) is 19.4 Å². The number of nitrogens with two attached hydrogens (primary N) is 3. The Balaban J connectivity index is 1.92. The van der Waals surface area contributed by atoms with E-state index >= 15 is 0 Å². The van der Waals surface area contributed by atoms with Crippen LogP contribution in [-0.2, 0) is 4.79 Å². The molecule has 1 saturated heterocycles. The van der Waals surface area contributed by atoms with Gasteiger partial charge in [-0.25, -0.2) is 0 Å². The van der Waals surface area contributed by atoms with Gasteiger partial charge in [-0.1, -0.05) is 0 Å². The largest absolute Gasteiger partial charge is 0.368 e.